The van der Waals surface area contributed by atoms with Crippen LogP contribution in [0.25, 0.3) is 0 Å². The van der Waals surface area contributed by atoms with Gasteiger partial charge in [0.05, 0.1) is 11.3 Å². The zero-order valence-corrected chi connectivity index (χ0v) is 14.8. The minimum Gasteiger partial charge on any atom is -0.355 e. The van der Waals surface area contributed by atoms with Gasteiger partial charge in [0.2, 0.25) is 5.95 Å². The molecule has 1 aromatic heterocycles. The highest BCUT2D eigenvalue weighted by molar-refractivity contribution is 6.07. The molecule has 0 saturated heterocycles. The maximum Gasteiger partial charge on any atom is 0.260 e. The summed E-state index contributed by atoms with van der Waals surface area (Å²) in [6.45, 7) is 3.28. The van der Waals surface area contributed by atoms with Crippen LogP contribution in [0.2, 0.25) is 0 Å². The van der Waals surface area contributed by atoms with Crippen molar-refractivity contribution in [1.29, 1.82) is 0 Å². The number of anilines is 3. The zero-order valence-electron chi connectivity index (χ0n) is 14.8. The van der Waals surface area contributed by atoms with Crippen LogP contribution in [0.5, 0.6) is 0 Å². The number of amides is 1. The fourth-order valence-corrected chi connectivity index (χ4v) is 2.52. The number of nitrogens with zero attached hydrogens (tertiary/aromatic N) is 3. The Labute approximate surface area is 151 Å². The number of hydrogen-bond donors (Lipinski definition) is 2. The third-order valence-electron chi connectivity index (χ3n) is 3.84. The Morgan fingerprint density at radius 3 is 2.35 bits per heavy atom. The summed E-state index contributed by atoms with van der Waals surface area (Å²) in [4.78, 5) is 28.2. The van der Waals surface area contributed by atoms with Gasteiger partial charge in [-0.2, -0.15) is 10.1 Å². The molecule has 0 atom stereocenters. The molecule has 2 aromatic carbocycles. The van der Waals surface area contributed by atoms with Gasteiger partial charge in [-0.3, -0.25) is 14.9 Å². The van der Waals surface area contributed by atoms with Gasteiger partial charge in [-0.25, -0.2) is 4.68 Å². The molecule has 2 N–H and O–H groups in total. The van der Waals surface area contributed by atoms with Crippen molar-refractivity contribution in [2.24, 2.45) is 7.05 Å². The summed E-state index contributed by atoms with van der Waals surface area (Å²) in [5, 5.41) is 10.1. The van der Waals surface area contributed by atoms with Gasteiger partial charge in [0.25, 0.3) is 5.91 Å². The Bertz CT molecular complexity index is 960. The minimum atomic E-state index is -0.288. The molecule has 1 amide bonds. The first-order valence-corrected chi connectivity index (χ1v) is 8.10. The van der Waals surface area contributed by atoms with Crippen LogP contribution >= 0.6 is 0 Å². The first kappa shape index (κ1) is 17.3. The van der Waals surface area contributed by atoms with Crippen LogP contribution in [-0.4, -0.2) is 26.5 Å². The molecule has 0 fully saturated rings. The SMILES string of the molecule is CC(=O)c1ccc(Nc2ccccc2C(=O)Nc2nc(C)nn2C)cc1. The van der Waals surface area contributed by atoms with Crippen LogP contribution in [0.4, 0.5) is 17.3 Å². The lowest BCUT2D eigenvalue weighted by molar-refractivity contribution is 0.101. The lowest BCUT2D eigenvalue weighted by Gasteiger charge is -2.12. The van der Waals surface area contributed by atoms with Crippen LogP contribution < -0.4 is 10.6 Å². The molecule has 26 heavy (non-hydrogen) atoms. The zero-order chi connectivity index (χ0) is 18.7. The largest absolute Gasteiger partial charge is 0.355 e. The molecule has 3 aromatic rings. The molecule has 1 heterocycles. The van der Waals surface area contributed by atoms with Crippen LogP contribution in [0.1, 0.15) is 33.5 Å². The van der Waals surface area contributed by atoms with E-state index < -0.39 is 0 Å². The second-order valence-corrected chi connectivity index (χ2v) is 5.86. The van der Waals surface area contributed by atoms with E-state index in [-0.39, 0.29) is 11.7 Å². The highest BCUT2D eigenvalue weighted by atomic mass is 16.2. The number of aryl methyl sites for hydroxylation is 2. The van der Waals surface area contributed by atoms with E-state index in [1.165, 1.54) is 11.6 Å². The molecular formula is C19H19N5O2. The Morgan fingerprint density at radius 1 is 1.04 bits per heavy atom. The third-order valence-corrected chi connectivity index (χ3v) is 3.84. The predicted molar refractivity (Wildman–Crippen MR) is 99.9 cm³/mol. The van der Waals surface area contributed by atoms with Gasteiger partial charge < -0.3 is 5.32 Å². The molecule has 132 valence electrons. The van der Waals surface area contributed by atoms with Crippen molar-refractivity contribution < 1.29 is 9.59 Å². The Kier molecular flexibility index (Phi) is 4.79. The van der Waals surface area contributed by atoms with Gasteiger partial charge in [-0.05, 0) is 50.2 Å². The molecule has 7 heteroatoms. The molecule has 0 radical (unpaired) electrons. The second-order valence-electron chi connectivity index (χ2n) is 5.86. The van der Waals surface area contributed by atoms with E-state index >= 15 is 0 Å². The summed E-state index contributed by atoms with van der Waals surface area (Å²) in [5.41, 5.74) is 2.55. The van der Waals surface area contributed by atoms with Crippen LogP contribution in [0, 0.1) is 6.92 Å². The molecule has 3 rings (SSSR count). The highest BCUT2D eigenvalue weighted by Crippen LogP contribution is 2.22. The summed E-state index contributed by atoms with van der Waals surface area (Å²) >= 11 is 0. The van der Waals surface area contributed by atoms with E-state index in [4.69, 9.17) is 0 Å². The van der Waals surface area contributed by atoms with Crippen molar-refractivity contribution in [3.63, 3.8) is 0 Å². The number of carbonyl (C=O) groups excluding carboxylic acids is 2. The minimum absolute atomic E-state index is 0.00954. The van der Waals surface area contributed by atoms with Crippen molar-refractivity contribution in [2.75, 3.05) is 10.6 Å². The van der Waals surface area contributed by atoms with Crippen molar-refractivity contribution in [3.05, 3.63) is 65.5 Å². The molecular weight excluding hydrogens is 330 g/mol. The van der Waals surface area contributed by atoms with Gasteiger partial charge in [0, 0.05) is 18.3 Å². The van der Waals surface area contributed by atoms with E-state index in [9.17, 15) is 9.59 Å². The molecule has 0 aliphatic carbocycles. The summed E-state index contributed by atoms with van der Waals surface area (Å²) in [7, 11) is 1.72. The lowest BCUT2D eigenvalue weighted by atomic mass is 10.1. The molecule has 0 aliphatic heterocycles. The lowest BCUT2D eigenvalue weighted by Crippen LogP contribution is -2.16. The number of Topliss-reactive ketones (excluding diaryl/α,β-unsaturated/α-hetero) is 1. The molecule has 0 saturated carbocycles. The molecule has 7 nitrogen and oxygen atoms in total. The Morgan fingerprint density at radius 2 is 1.73 bits per heavy atom. The normalized spacial score (nSPS) is 10.4. The fraction of sp³-hybridized carbons (Fsp3) is 0.158. The maximum atomic E-state index is 12.7. The first-order chi connectivity index (χ1) is 12.4. The highest BCUT2D eigenvalue weighted by Gasteiger charge is 2.14. The number of carbonyl (C=O) groups is 2. The predicted octanol–water partition coefficient (Wildman–Crippen LogP) is 3.32. The number of aromatic nitrogens is 3. The quantitative estimate of drug-likeness (QED) is 0.690. The van der Waals surface area contributed by atoms with Gasteiger partial charge in [0.1, 0.15) is 5.82 Å². The van der Waals surface area contributed by atoms with Gasteiger partial charge in [0.15, 0.2) is 5.78 Å². The number of ketones is 1. The monoisotopic (exact) mass is 349 g/mol. The smallest absolute Gasteiger partial charge is 0.260 e. The van der Waals surface area contributed by atoms with E-state index in [1.807, 2.05) is 12.1 Å². The van der Waals surface area contributed by atoms with E-state index in [0.29, 0.717) is 28.6 Å². The number of rotatable bonds is 5. The third kappa shape index (κ3) is 3.77. The van der Waals surface area contributed by atoms with Gasteiger partial charge in [-0.1, -0.05) is 12.1 Å². The number of hydrogen-bond acceptors (Lipinski definition) is 5. The standard InChI is InChI=1S/C19H19N5O2/c1-12(25)14-8-10-15(11-9-14)21-17-7-5-4-6-16(17)18(26)22-19-20-13(2)23-24(19)3/h4-11,21H,1-3H3,(H,20,22,23,26). The molecule has 0 aliphatic rings. The average Bonchev–Trinajstić information content (AvgIpc) is 2.93. The van der Waals surface area contributed by atoms with E-state index in [0.717, 1.165) is 5.69 Å². The summed E-state index contributed by atoms with van der Waals surface area (Å²) in [5.74, 6) is 0.687. The first-order valence-electron chi connectivity index (χ1n) is 8.10. The number of benzene rings is 2. The molecule has 0 bridgehead atoms. The van der Waals surface area contributed by atoms with Crippen LogP contribution in [0.3, 0.4) is 0 Å². The van der Waals surface area contributed by atoms with Crippen molar-refractivity contribution in [2.45, 2.75) is 13.8 Å². The average molecular weight is 349 g/mol. The molecule has 0 spiro atoms. The molecule has 0 unspecified atom stereocenters. The summed E-state index contributed by atoms with van der Waals surface area (Å²) < 4.78 is 1.52. The maximum absolute atomic E-state index is 12.7. The van der Waals surface area contributed by atoms with Crippen LogP contribution in [0.15, 0.2) is 48.5 Å². The Balaban J connectivity index is 1.82. The second kappa shape index (κ2) is 7.18. The summed E-state index contributed by atoms with van der Waals surface area (Å²) in [6, 6.07) is 14.3. The number of nitrogens with one attached hydrogen (secondary N) is 2. The fourth-order valence-electron chi connectivity index (χ4n) is 2.52. The van der Waals surface area contributed by atoms with Gasteiger partial charge >= 0.3 is 0 Å². The Hall–Kier alpha value is -3.48. The number of para-hydroxylation sites is 1. The summed E-state index contributed by atoms with van der Waals surface area (Å²) in [6.07, 6.45) is 0. The van der Waals surface area contributed by atoms with E-state index in [1.54, 1.807) is 50.4 Å². The van der Waals surface area contributed by atoms with E-state index in [2.05, 4.69) is 20.7 Å². The van der Waals surface area contributed by atoms with Gasteiger partial charge in [-0.15, -0.1) is 0 Å². The van der Waals surface area contributed by atoms with Crippen molar-refractivity contribution >= 4 is 29.0 Å². The topological polar surface area (TPSA) is 88.9 Å². The van der Waals surface area contributed by atoms with Crippen molar-refractivity contribution in [1.82, 2.24) is 14.8 Å². The van der Waals surface area contributed by atoms with Crippen LogP contribution in [-0.2, 0) is 7.05 Å². The van der Waals surface area contributed by atoms with Crippen molar-refractivity contribution in [3.8, 4) is 0 Å².